The van der Waals surface area contributed by atoms with Crippen LogP contribution in [0.5, 0.6) is 0 Å². The second-order valence-electron chi connectivity index (χ2n) is 4.84. The Morgan fingerprint density at radius 3 is 3.05 bits per heavy atom. The van der Waals surface area contributed by atoms with Crippen molar-refractivity contribution in [1.82, 2.24) is 9.55 Å². The number of rotatable bonds is 5. The number of aromatic nitrogens is 2. The number of unbranched alkanes of at least 4 members (excludes halogenated alkanes) is 2. The molecule has 1 aromatic carbocycles. The van der Waals surface area contributed by atoms with Crippen molar-refractivity contribution in [2.75, 3.05) is 11.9 Å². The third kappa shape index (κ3) is 2.34. The molecule has 0 unspecified atom stereocenters. The first-order chi connectivity index (χ1) is 9.79. The number of fused-ring (bicyclic) bond motifs is 3. The summed E-state index contributed by atoms with van der Waals surface area (Å²) >= 11 is 0. The highest BCUT2D eigenvalue weighted by Gasteiger charge is 2.23. The van der Waals surface area contributed by atoms with Crippen LogP contribution in [0.15, 0.2) is 29.3 Å². The van der Waals surface area contributed by atoms with E-state index in [9.17, 15) is 0 Å². The first kappa shape index (κ1) is 12.9. The molecule has 1 aliphatic heterocycles. The molecule has 3 N–H and O–H groups in total. The molecule has 0 aliphatic carbocycles. The second-order valence-corrected chi connectivity index (χ2v) is 4.84. The third-order valence-corrected chi connectivity index (χ3v) is 3.32. The lowest BCUT2D eigenvalue weighted by Crippen LogP contribution is -2.32. The van der Waals surface area contributed by atoms with Crippen LogP contribution in [0.3, 0.4) is 0 Å². The molecule has 1 aliphatic rings. The summed E-state index contributed by atoms with van der Waals surface area (Å²) < 4.78 is 7.81. The molecular formula is C14H19N5O. The summed E-state index contributed by atoms with van der Waals surface area (Å²) in [5.41, 5.74) is 7.69. The number of nitrogens with one attached hydrogen (secondary N) is 1. The van der Waals surface area contributed by atoms with Crippen molar-refractivity contribution in [3.8, 4) is 0 Å². The average Bonchev–Trinajstić information content (AvgIpc) is 2.81. The summed E-state index contributed by atoms with van der Waals surface area (Å²) in [4.78, 5) is 8.84. The molecule has 0 spiro atoms. The Bertz CT molecular complexity index is 634. The first-order valence-corrected chi connectivity index (χ1v) is 6.98. The Labute approximate surface area is 117 Å². The predicted octanol–water partition coefficient (Wildman–Crippen LogP) is 2.44. The molecule has 20 heavy (non-hydrogen) atoms. The van der Waals surface area contributed by atoms with Crippen LogP contribution in [0.25, 0.3) is 11.0 Å². The molecule has 6 nitrogen and oxygen atoms in total. The minimum atomic E-state index is -0.435. The molecule has 2 aromatic rings. The van der Waals surface area contributed by atoms with Gasteiger partial charge in [-0.05, 0) is 18.6 Å². The summed E-state index contributed by atoms with van der Waals surface area (Å²) in [6.45, 7) is 2.84. The van der Waals surface area contributed by atoms with Gasteiger partial charge in [-0.15, -0.1) is 0 Å². The summed E-state index contributed by atoms with van der Waals surface area (Å²) in [6.07, 6.45) is 2.91. The Morgan fingerprint density at radius 1 is 1.35 bits per heavy atom. The molecule has 6 heteroatoms. The topological polar surface area (TPSA) is 77.5 Å². The molecule has 106 valence electrons. The Balaban J connectivity index is 1.88. The minimum absolute atomic E-state index is 0.341. The van der Waals surface area contributed by atoms with Crippen LogP contribution in [0.1, 0.15) is 32.5 Å². The lowest BCUT2D eigenvalue weighted by atomic mass is 10.3. The Kier molecular flexibility index (Phi) is 3.56. The molecule has 0 saturated carbocycles. The number of nitrogens with two attached hydrogens (primary N) is 1. The van der Waals surface area contributed by atoms with Gasteiger partial charge in [0.2, 0.25) is 12.3 Å². The monoisotopic (exact) mass is 273 g/mol. The van der Waals surface area contributed by atoms with E-state index >= 15 is 0 Å². The lowest BCUT2D eigenvalue weighted by molar-refractivity contribution is 0.00987. The Morgan fingerprint density at radius 2 is 2.20 bits per heavy atom. The van der Waals surface area contributed by atoms with Gasteiger partial charge in [-0.2, -0.15) is 4.99 Å². The highest BCUT2D eigenvalue weighted by molar-refractivity contribution is 5.94. The zero-order chi connectivity index (χ0) is 13.9. The maximum absolute atomic E-state index is 5.86. The van der Waals surface area contributed by atoms with Gasteiger partial charge in [0.15, 0.2) is 5.96 Å². The summed E-state index contributed by atoms with van der Waals surface area (Å²) in [5.74, 6) is 1.02. The van der Waals surface area contributed by atoms with E-state index in [0.717, 1.165) is 23.9 Å². The van der Waals surface area contributed by atoms with Crippen molar-refractivity contribution < 1.29 is 4.74 Å². The largest absolute Gasteiger partial charge is 0.369 e. The highest BCUT2D eigenvalue weighted by atomic mass is 16.5. The van der Waals surface area contributed by atoms with Gasteiger partial charge in [0, 0.05) is 0 Å². The van der Waals surface area contributed by atoms with Gasteiger partial charge in [0.1, 0.15) is 0 Å². The quantitative estimate of drug-likeness (QED) is 0.820. The van der Waals surface area contributed by atoms with Crippen LogP contribution >= 0.6 is 0 Å². The van der Waals surface area contributed by atoms with Crippen LogP contribution in [-0.2, 0) is 4.74 Å². The normalized spacial score (nSPS) is 17.6. The zero-order valence-electron chi connectivity index (χ0n) is 11.5. The van der Waals surface area contributed by atoms with E-state index in [4.69, 9.17) is 10.5 Å². The van der Waals surface area contributed by atoms with Crippen LogP contribution in [0.2, 0.25) is 0 Å². The van der Waals surface area contributed by atoms with Crippen molar-refractivity contribution in [1.29, 1.82) is 0 Å². The number of hydrogen-bond acceptors (Lipinski definition) is 5. The van der Waals surface area contributed by atoms with Gasteiger partial charge in [-0.25, -0.2) is 4.98 Å². The van der Waals surface area contributed by atoms with E-state index in [1.165, 1.54) is 6.42 Å². The maximum Gasteiger partial charge on any atom is 0.238 e. The number of guanidine groups is 1. The van der Waals surface area contributed by atoms with E-state index in [-0.39, 0.29) is 0 Å². The summed E-state index contributed by atoms with van der Waals surface area (Å²) in [7, 11) is 0. The van der Waals surface area contributed by atoms with Crippen molar-refractivity contribution in [2.45, 2.75) is 32.5 Å². The second kappa shape index (κ2) is 5.50. The molecule has 1 aromatic heterocycles. The highest BCUT2D eigenvalue weighted by Crippen LogP contribution is 2.28. The standard InChI is InChI=1S/C14H19N5O/c1-2-3-6-9-20-14-18-12(15)17-13-16-10-7-4-5-8-11(10)19(13)14/h4-5,7-8,14H,2-3,6,9H2,1H3,(H3,15,16,17,18)/t14-/m1/s1. The third-order valence-electron chi connectivity index (χ3n) is 3.32. The zero-order valence-corrected chi connectivity index (χ0v) is 11.5. The number of imidazole rings is 1. The van der Waals surface area contributed by atoms with Gasteiger partial charge in [0.05, 0.1) is 17.6 Å². The molecular weight excluding hydrogens is 254 g/mol. The molecule has 0 radical (unpaired) electrons. The van der Waals surface area contributed by atoms with Crippen molar-refractivity contribution in [3.05, 3.63) is 24.3 Å². The van der Waals surface area contributed by atoms with Crippen LogP contribution in [-0.4, -0.2) is 22.1 Å². The molecule has 0 bridgehead atoms. The molecule has 2 heterocycles. The number of anilines is 1. The average molecular weight is 273 g/mol. The lowest BCUT2D eigenvalue weighted by Gasteiger charge is -2.23. The van der Waals surface area contributed by atoms with Crippen LogP contribution in [0, 0.1) is 0 Å². The Hall–Kier alpha value is -2.08. The number of aliphatic imine (C=N–C) groups is 1. The molecule has 0 fully saturated rings. The maximum atomic E-state index is 5.86. The van der Waals surface area contributed by atoms with Gasteiger partial charge in [-0.3, -0.25) is 9.88 Å². The molecule has 0 saturated heterocycles. The van der Waals surface area contributed by atoms with E-state index < -0.39 is 6.35 Å². The van der Waals surface area contributed by atoms with Crippen LogP contribution in [0.4, 0.5) is 5.95 Å². The van der Waals surface area contributed by atoms with E-state index in [2.05, 4.69) is 22.2 Å². The fourth-order valence-corrected chi connectivity index (χ4v) is 2.33. The number of hydrogen-bond donors (Lipinski definition) is 2. The van der Waals surface area contributed by atoms with Crippen molar-refractivity contribution in [3.63, 3.8) is 0 Å². The summed E-state index contributed by atoms with van der Waals surface area (Å²) in [5, 5.41) is 2.98. The van der Waals surface area contributed by atoms with E-state index in [0.29, 0.717) is 18.5 Å². The first-order valence-electron chi connectivity index (χ1n) is 6.98. The number of para-hydroxylation sites is 2. The number of nitrogens with zero attached hydrogens (tertiary/aromatic N) is 3. The van der Waals surface area contributed by atoms with Crippen molar-refractivity contribution in [2.24, 2.45) is 10.7 Å². The molecule has 0 amide bonds. The smallest absolute Gasteiger partial charge is 0.238 e. The van der Waals surface area contributed by atoms with Gasteiger partial charge < -0.3 is 10.5 Å². The van der Waals surface area contributed by atoms with Gasteiger partial charge in [-0.1, -0.05) is 31.9 Å². The van der Waals surface area contributed by atoms with E-state index in [1.807, 2.05) is 28.8 Å². The molecule has 3 rings (SSSR count). The fraction of sp³-hybridized carbons (Fsp3) is 0.429. The SMILES string of the molecule is CCCCCO[C@@H]1N=C(N)Nc2nc3ccccc3n21. The number of benzene rings is 1. The molecule has 1 atom stereocenters. The van der Waals surface area contributed by atoms with Gasteiger partial charge >= 0.3 is 0 Å². The van der Waals surface area contributed by atoms with Crippen LogP contribution < -0.4 is 11.1 Å². The van der Waals surface area contributed by atoms with Crippen molar-refractivity contribution >= 4 is 22.9 Å². The fourth-order valence-electron chi connectivity index (χ4n) is 2.33. The van der Waals surface area contributed by atoms with E-state index in [1.54, 1.807) is 0 Å². The van der Waals surface area contributed by atoms with Gasteiger partial charge in [0.25, 0.3) is 0 Å². The number of ether oxygens (including phenoxy) is 1. The summed E-state index contributed by atoms with van der Waals surface area (Å²) in [6, 6.07) is 7.91. The minimum Gasteiger partial charge on any atom is -0.369 e. The predicted molar refractivity (Wildman–Crippen MR) is 79.5 cm³/mol.